The van der Waals surface area contributed by atoms with Crippen molar-refractivity contribution in [1.29, 1.82) is 0 Å². The average molecular weight is 552 g/mol. The van der Waals surface area contributed by atoms with Gasteiger partial charge < -0.3 is 19.1 Å². The van der Waals surface area contributed by atoms with Crippen LogP contribution in [0, 0.1) is 0 Å². The molecular formula is C37H29NO4. The molecule has 2 heterocycles. The Labute approximate surface area is 244 Å². The minimum atomic E-state index is -0.892. The van der Waals surface area contributed by atoms with Gasteiger partial charge in [0.15, 0.2) is 11.4 Å². The van der Waals surface area contributed by atoms with Gasteiger partial charge in [-0.15, -0.1) is 0 Å². The maximum Gasteiger partial charge on any atom is 0.195 e. The molecule has 8 rings (SSSR count). The highest BCUT2D eigenvalue weighted by molar-refractivity contribution is 6.28. The Hall–Kier alpha value is -4.87. The number of carbonyl (C=O) groups is 1. The topological polar surface area (TPSA) is 48.0 Å². The van der Waals surface area contributed by atoms with Gasteiger partial charge in [0.05, 0.1) is 20.3 Å². The summed E-state index contributed by atoms with van der Waals surface area (Å²) in [6.07, 6.45) is 4.19. The summed E-state index contributed by atoms with van der Waals surface area (Å²) >= 11 is 0. The van der Waals surface area contributed by atoms with Gasteiger partial charge >= 0.3 is 0 Å². The van der Waals surface area contributed by atoms with Crippen LogP contribution in [-0.4, -0.2) is 39.2 Å². The molecule has 1 atom stereocenters. The highest BCUT2D eigenvalue weighted by atomic mass is 16.5. The van der Waals surface area contributed by atoms with E-state index >= 15 is 0 Å². The van der Waals surface area contributed by atoms with E-state index in [9.17, 15) is 4.79 Å². The van der Waals surface area contributed by atoms with E-state index in [0.717, 1.165) is 76.2 Å². The molecule has 0 bridgehead atoms. The normalized spacial score (nSPS) is 18.8. The zero-order chi connectivity index (χ0) is 28.3. The summed E-state index contributed by atoms with van der Waals surface area (Å²) in [6, 6.07) is 32.8. The summed E-state index contributed by atoms with van der Waals surface area (Å²) in [7, 11) is 1.67. The molecule has 206 valence electrons. The maximum atomic E-state index is 13.9. The van der Waals surface area contributed by atoms with Gasteiger partial charge in [0.1, 0.15) is 11.5 Å². The maximum absolute atomic E-state index is 13.9. The van der Waals surface area contributed by atoms with Gasteiger partial charge in [-0.25, -0.2) is 0 Å². The largest absolute Gasteiger partial charge is 0.497 e. The second kappa shape index (κ2) is 9.61. The number of rotatable bonds is 4. The molecule has 0 aromatic heterocycles. The molecule has 42 heavy (non-hydrogen) atoms. The quantitative estimate of drug-likeness (QED) is 0.231. The third kappa shape index (κ3) is 3.63. The van der Waals surface area contributed by atoms with Crippen LogP contribution in [-0.2, 0) is 10.3 Å². The van der Waals surface area contributed by atoms with E-state index < -0.39 is 5.60 Å². The summed E-state index contributed by atoms with van der Waals surface area (Å²) in [5, 5.41) is 1.89. The van der Waals surface area contributed by atoms with Crippen molar-refractivity contribution in [2.45, 2.75) is 5.60 Å². The molecule has 5 aromatic rings. The molecule has 0 amide bonds. The number of fused-ring (bicyclic) bond motifs is 8. The number of hydrogen-bond donors (Lipinski definition) is 0. The molecular weight excluding hydrogens is 522 g/mol. The molecule has 1 unspecified atom stereocenters. The molecule has 0 spiro atoms. The monoisotopic (exact) mass is 551 g/mol. The van der Waals surface area contributed by atoms with Gasteiger partial charge in [-0.3, -0.25) is 4.79 Å². The van der Waals surface area contributed by atoms with Gasteiger partial charge in [0, 0.05) is 57.5 Å². The number of ether oxygens (including phenoxy) is 3. The molecule has 5 aromatic carbocycles. The van der Waals surface area contributed by atoms with Crippen LogP contribution in [0.25, 0.3) is 28.0 Å². The zero-order valence-corrected chi connectivity index (χ0v) is 23.3. The number of methoxy groups -OCH3 is 1. The fourth-order valence-electron chi connectivity index (χ4n) is 6.70. The third-order valence-electron chi connectivity index (χ3n) is 8.80. The highest BCUT2D eigenvalue weighted by Gasteiger charge is 2.41. The van der Waals surface area contributed by atoms with Crippen LogP contribution in [0.15, 0.2) is 103 Å². The van der Waals surface area contributed by atoms with Crippen LogP contribution in [0.3, 0.4) is 0 Å². The molecule has 5 nitrogen and oxygen atoms in total. The molecule has 0 N–H and O–H groups in total. The predicted octanol–water partition coefficient (Wildman–Crippen LogP) is 7.25. The van der Waals surface area contributed by atoms with Crippen molar-refractivity contribution in [2.24, 2.45) is 0 Å². The Morgan fingerprint density at radius 3 is 2.24 bits per heavy atom. The van der Waals surface area contributed by atoms with E-state index in [1.54, 1.807) is 7.11 Å². The van der Waals surface area contributed by atoms with E-state index in [1.165, 1.54) is 5.69 Å². The van der Waals surface area contributed by atoms with Crippen LogP contribution in [0.1, 0.15) is 32.6 Å². The van der Waals surface area contributed by atoms with E-state index in [2.05, 4.69) is 53.5 Å². The number of carbonyl (C=O) groups excluding carboxylic acids is 1. The van der Waals surface area contributed by atoms with Crippen molar-refractivity contribution in [3.8, 4) is 22.6 Å². The first kappa shape index (κ1) is 24.9. The van der Waals surface area contributed by atoms with Crippen LogP contribution >= 0.6 is 0 Å². The number of hydrogen-bond acceptors (Lipinski definition) is 5. The molecule has 2 aliphatic heterocycles. The number of morpholine rings is 1. The highest BCUT2D eigenvalue weighted by Crippen LogP contribution is 2.53. The number of nitrogens with zero attached hydrogens (tertiary/aromatic N) is 1. The van der Waals surface area contributed by atoms with Crippen molar-refractivity contribution in [3.63, 3.8) is 0 Å². The first-order valence-corrected chi connectivity index (χ1v) is 14.4. The lowest BCUT2D eigenvalue weighted by Crippen LogP contribution is -2.37. The van der Waals surface area contributed by atoms with Gasteiger partial charge in [-0.05, 0) is 53.4 Å². The summed E-state index contributed by atoms with van der Waals surface area (Å²) in [5.74, 6) is 1.46. The summed E-state index contributed by atoms with van der Waals surface area (Å²) in [4.78, 5) is 16.2. The summed E-state index contributed by atoms with van der Waals surface area (Å²) in [6.45, 7) is 3.23. The van der Waals surface area contributed by atoms with E-state index in [-0.39, 0.29) is 5.78 Å². The predicted molar refractivity (Wildman–Crippen MR) is 166 cm³/mol. The molecule has 3 aliphatic rings. The van der Waals surface area contributed by atoms with Crippen molar-refractivity contribution in [2.75, 3.05) is 38.3 Å². The fourth-order valence-corrected chi connectivity index (χ4v) is 6.70. The first-order valence-electron chi connectivity index (χ1n) is 14.4. The third-order valence-corrected chi connectivity index (χ3v) is 8.80. The van der Waals surface area contributed by atoms with Crippen LogP contribution in [0.4, 0.5) is 5.69 Å². The lowest BCUT2D eigenvalue weighted by atomic mass is 9.81. The Kier molecular flexibility index (Phi) is 5.69. The summed E-state index contributed by atoms with van der Waals surface area (Å²) < 4.78 is 18.5. The second-order valence-corrected chi connectivity index (χ2v) is 11.0. The lowest BCUT2D eigenvalue weighted by molar-refractivity contribution is 0.104. The summed E-state index contributed by atoms with van der Waals surface area (Å²) in [5.41, 5.74) is 6.46. The number of anilines is 1. The Morgan fingerprint density at radius 1 is 0.762 bits per heavy atom. The van der Waals surface area contributed by atoms with Crippen molar-refractivity contribution in [1.82, 2.24) is 0 Å². The minimum absolute atomic E-state index is 0.0323. The Morgan fingerprint density at radius 2 is 1.48 bits per heavy atom. The molecule has 0 radical (unpaired) electrons. The van der Waals surface area contributed by atoms with E-state index in [4.69, 9.17) is 14.2 Å². The van der Waals surface area contributed by atoms with Crippen molar-refractivity contribution < 1.29 is 19.0 Å². The number of ketones is 1. The van der Waals surface area contributed by atoms with Crippen LogP contribution in [0.2, 0.25) is 0 Å². The SMILES string of the molecule is COc1ccc2c3c(c4c(c2c1)OC(c1ccccc1)(c1ccc(N2CCOCC2)cc1)C=C4)C(=O)c1ccccc1-3. The van der Waals surface area contributed by atoms with Crippen LogP contribution in [0.5, 0.6) is 11.5 Å². The standard InChI is InChI=1S/C37H29NO4/c1-40-27-15-16-29-32(23-27)36-31(34-33(29)28-9-5-6-10-30(28)35(34)39)17-18-37(42-36,24-7-3-2-4-8-24)25-11-13-26(14-12-25)38-19-21-41-22-20-38/h2-18,23H,19-22H2,1H3. The molecule has 1 aliphatic carbocycles. The number of benzene rings is 5. The zero-order valence-electron chi connectivity index (χ0n) is 23.3. The molecule has 5 heteroatoms. The van der Waals surface area contributed by atoms with Gasteiger partial charge in [-0.1, -0.05) is 66.7 Å². The Balaban J connectivity index is 1.35. The minimum Gasteiger partial charge on any atom is -0.497 e. The molecule has 1 saturated heterocycles. The molecule has 1 fully saturated rings. The van der Waals surface area contributed by atoms with E-state index in [1.807, 2.05) is 60.7 Å². The fraction of sp³-hybridized carbons (Fsp3) is 0.162. The molecule has 0 saturated carbocycles. The van der Waals surface area contributed by atoms with Gasteiger partial charge in [0.2, 0.25) is 0 Å². The van der Waals surface area contributed by atoms with Crippen LogP contribution < -0.4 is 14.4 Å². The van der Waals surface area contributed by atoms with Crippen molar-refractivity contribution >= 4 is 28.3 Å². The second-order valence-electron chi connectivity index (χ2n) is 11.0. The Bertz CT molecular complexity index is 1890. The average Bonchev–Trinajstić information content (AvgIpc) is 3.37. The van der Waals surface area contributed by atoms with Gasteiger partial charge in [-0.2, -0.15) is 0 Å². The smallest absolute Gasteiger partial charge is 0.195 e. The lowest BCUT2D eigenvalue weighted by Gasteiger charge is -2.37. The first-order chi connectivity index (χ1) is 20.7. The van der Waals surface area contributed by atoms with Gasteiger partial charge in [0.25, 0.3) is 0 Å². The van der Waals surface area contributed by atoms with E-state index in [0.29, 0.717) is 11.3 Å². The van der Waals surface area contributed by atoms with Crippen molar-refractivity contribution in [3.05, 3.63) is 131 Å².